The van der Waals surface area contributed by atoms with Crippen LogP contribution in [-0.4, -0.2) is 49.9 Å². The lowest BCUT2D eigenvalue weighted by Crippen LogP contribution is -2.33. The smallest absolute Gasteiger partial charge is 0.217 e. The molecule has 2 rings (SSSR count). The SMILES string of the molecule is Nc1ccc(OCCS(=O)(=O)N2CCC(CCO)C2)cc1. The summed E-state index contributed by atoms with van der Waals surface area (Å²) in [7, 11) is -3.29. The number of hydrogen-bond acceptors (Lipinski definition) is 5. The van der Waals surface area contributed by atoms with Gasteiger partial charge in [0.15, 0.2) is 0 Å². The van der Waals surface area contributed by atoms with Crippen LogP contribution in [0.3, 0.4) is 0 Å². The summed E-state index contributed by atoms with van der Waals surface area (Å²) in [5.74, 6) is 0.838. The second kappa shape index (κ2) is 7.11. The topological polar surface area (TPSA) is 92.9 Å². The van der Waals surface area contributed by atoms with Gasteiger partial charge in [-0.15, -0.1) is 0 Å². The van der Waals surface area contributed by atoms with Gasteiger partial charge in [0.25, 0.3) is 0 Å². The molecule has 6 nitrogen and oxygen atoms in total. The fourth-order valence-electron chi connectivity index (χ4n) is 2.43. The molecule has 0 amide bonds. The van der Waals surface area contributed by atoms with Crippen molar-refractivity contribution in [1.82, 2.24) is 4.31 Å². The summed E-state index contributed by atoms with van der Waals surface area (Å²) < 4.78 is 31.3. The number of anilines is 1. The van der Waals surface area contributed by atoms with E-state index < -0.39 is 10.0 Å². The maximum Gasteiger partial charge on any atom is 0.217 e. The molecule has 1 aromatic rings. The van der Waals surface area contributed by atoms with E-state index >= 15 is 0 Å². The average Bonchev–Trinajstić information content (AvgIpc) is 2.91. The van der Waals surface area contributed by atoms with Gasteiger partial charge in [0, 0.05) is 25.4 Å². The van der Waals surface area contributed by atoms with Gasteiger partial charge in [-0.3, -0.25) is 0 Å². The molecule has 1 aliphatic rings. The summed E-state index contributed by atoms with van der Waals surface area (Å²) in [5, 5.41) is 8.91. The van der Waals surface area contributed by atoms with Crippen LogP contribution in [0, 0.1) is 5.92 Å². The zero-order valence-corrected chi connectivity index (χ0v) is 12.8. The van der Waals surface area contributed by atoms with E-state index in [4.69, 9.17) is 15.6 Å². The lowest BCUT2D eigenvalue weighted by atomic mass is 10.1. The summed E-state index contributed by atoms with van der Waals surface area (Å²) in [4.78, 5) is 0. The Morgan fingerprint density at radius 1 is 1.33 bits per heavy atom. The highest BCUT2D eigenvalue weighted by Gasteiger charge is 2.30. The molecular weight excluding hydrogens is 292 g/mol. The third-order valence-electron chi connectivity index (χ3n) is 3.67. The number of aliphatic hydroxyl groups excluding tert-OH is 1. The minimum atomic E-state index is -3.29. The van der Waals surface area contributed by atoms with Crippen molar-refractivity contribution in [2.24, 2.45) is 5.92 Å². The molecule has 0 spiro atoms. The number of benzene rings is 1. The van der Waals surface area contributed by atoms with Crippen LogP contribution >= 0.6 is 0 Å². The normalized spacial score (nSPS) is 19.8. The Kier molecular flexibility index (Phi) is 5.44. The van der Waals surface area contributed by atoms with Gasteiger partial charge in [-0.25, -0.2) is 12.7 Å². The van der Waals surface area contributed by atoms with Crippen LogP contribution in [0.1, 0.15) is 12.8 Å². The standard InChI is InChI=1S/C14H22N2O4S/c15-13-1-3-14(4-2-13)20-9-10-21(18,19)16-7-5-12(11-16)6-8-17/h1-4,12,17H,5-11,15H2. The molecule has 1 heterocycles. The number of nitrogens with zero attached hydrogens (tertiary/aromatic N) is 1. The second-order valence-corrected chi connectivity index (χ2v) is 7.35. The number of hydrogen-bond donors (Lipinski definition) is 2. The van der Waals surface area contributed by atoms with E-state index in [1.807, 2.05) is 0 Å². The van der Waals surface area contributed by atoms with E-state index in [1.165, 1.54) is 4.31 Å². The Morgan fingerprint density at radius 3 is 2.71 bits per heavy atom. The van der Waals surface area contributed by atoms with Crippen LogP contribution in [-0.2, 0) is 10.0 Å². The van der Waals surface area contributed by atoms with Gasteiger partial charge in [0.2, 0.25) is 10.0 Å². The van der Waals surface area contributed by atoms with Crippen LogP contribution in [0.4, 0.5) is 5.69 Å². The molecule has 0 bridgehead atoms. The average molecular weight is 314 g/mol. The van der Waals surface area contributed by atoms with Crippen molar-refractivity contribution in [3.63, 3.8) is 0 Å². The lowest BCUT2D eigenvalue weighted by molar-refractivity contribution is 0.259. The van der Waals surface area contributed by atoms with Gasteiger partial charge in [0.1, 0.15) is 12.4 Å². The molecule has 0 aliphatic carbocycles. The second-order valence-electron chi connectivity index (χ2n) is 5.26. The first-order chi connectivity index (χ1) is 10.0. The number of nitrogen functional groups attached to an aromatic ring is 1. The van der Waals surface area contributed by atoms with Crippen molar-refractivity contribution in [2.75, 3.05) is 37.8 Å². The Hall–Kier alpha value is -1.31. The molecule has 0 aromatic heterocycles. The van der Waals surface area contributed by atoms with Gasteiger partial charge in [-0.1, -0.05) is 0 Å². The Bertz CT molecular complexity index is 545. The van der Waals surface area contributed by atoms with Gasteiger partial charge in [-0.05, 0) is 43.0 Å². The van der Waals surface area contributed by atoms with E-state index in [9.17, 15) is 8.42 Å². The minimum absolute atomic E-state index is 0.0385. The van der Waals surface area contributed by atoms with E-state index in [2.05, 4.69) is 0 Å². The van der Waals surface area contributed by atoms with E-state index in [-0.39, 0.29) is 24.9 Å². The third-order valence-corrected chi connectivity index (χ3v) is 5.47. The lowest BCUT2D eigenvalue weighted by Gasteiger charge is -2.16. The maximum atomic E-state index is 12.2. The molecule has 1 aliphatic heterocycles. The Balaban J connectivity index is 1.80. The fourth-order valence-corrected chi connectivity index (χ4v) is 3.80. The number of nitrogens with two attached hydrogens (primary N) is 1. The quantitative estimate of drug-likeness (QED) is 0.722. The number of ether oxygens (including phenoxy) is 1. The van der Waals surface area contributed by atoms with Gasteiger partial charge in [-0.2, -0.15) is 0 Å². The molecule has 3 N–H and O–H groups in total. The first-order valence-electron chi connectivity index (χ1n) is 7.08. The van der Waals surface area contributed by atoms with Gasteiger partial charge >= 0.3 is 0 Å². The van der Waals surface area contributed by atoms with Crippen molar-refractivity contribution >= 4 is 15.7 Å². The van der Waals surface area contributed by atoms with Crippen molar-refractivity contribution in [3.05, 3.63) is 24.3 Å². The van der Waals surface area contributed by atoms with Crippen LogP contribution in [0.5, 0.6) is 5.75 Å². The van der Waals surface area contributed by atoms with E-state index in [1.54, 1.807) is 24.3 Å². The molecule has 1 aromatic carbocycles. The predicted octanol–water partition coefficient (Wildman–Crippen LogP) is 0.682. The van der Waals surface area contributed by atoms with Crippen molar-refractivity contribution < 1.29 is 18.3 Å². The van der Waals surface area contributed by atoms with Crippen LogP contribution < -0.4 is 10.5 Å². The summed E-state index contributed by atoms with van der Waals surface area (Å²) >= 11 is 0. The monoisotopic (exact) mass is 314 g/mol. The largest absolute Gasteiger partial charge is 0.492 e. The van der Waals surface area contributed by atoms with Gasteiger partial charge in [0.05, 0.1) is 5.75 Å². The highest BCUT2D eigenvalue weighted by atomic mass is 32.2. The Morgan fingerprint density at radius 2 is 2.05 bits per heavy atom. The highest BCUT2D eigenvalue weighted by molar-refractivity contribution is 7.89. The number of aliphatic hydroxyl groups is 1. The predicted molar refractivity (Wildman–Crippen MR) is 81.5 cm³/mol. The third kappa shape index (κ3) is 4.59. The van der Waals surface area contributed by atoms with Crippen LogP contribution in [0.2, 0.25) is 0 Å². The molecule has 7 heteroatoms. The molecule has 1 fully saturated rings. The van der Waals surface area contributed by atoms with Crippen LogP contribution in [0.25, 0.3) is 0 Å². The molecule has 1 unspecified atom stereocenters. The fraction of sp³-hybridized carbons (Fsp3) is 0.571. The van der Waals surface area contributed by atoms with E-state index in [0.717, 1.165) is 6.42 Å². The van der Waals surface area contributed by atoms with Crippen molar-refractivity contribution in [3.8, 4) is 5.75 Å². The number of rotatable bonds is 7. The van der Waals surface area contributed by atoms with Crippen molar-refractivity contribution in [1.29, 1.82) is 0 Å². The molecule has 1 saturated heterocycles. The highest BCUT2D eigenvalue weighted by Crippen LogP contribution is 2.22. The summed E-state index contributed by atoms with van der Waals surface area (Å²) in [6.45, 7) is 1.27. The molecule has 0 saturated carbocycles. The first kappa shape index (κ1) is 16.1. The molecule has 118 valence electrons. The van der Waals surface area contributed by atoms with Gasteiger partial charge < -0.3 is 15.6 Å². The minimum Gasteiger partial charge on any atom is -0.492 e. The Labute approximate surface area is 125 Å². The zero-order valence-electron chi connectivity index (χ0n) is 11.9. The van der Waals surface area contributed by atoms with Crippen LogP contribution in [0.15, 0.2) is 24.3 Å². The maximum absolute atomic E-state index is 12.2. The molecule has 0 radical (unpaired) electrons. The van der Waals surface area contributed by atoms with E-state index in [0.29, 0.717) is 30.9 Å². The molecule has 21 heavy (non-hydrogen) atoms. The zero-order chi connectivity index (χ0) is 15.3. The summed E-state index contributed by atoms with van der Waals surface area (Å²) in [5.41, 5.74) is 6.21. The summed E-state index contributed by atoms with van der Waals surface area (Å²) in [6, 6.07) is 6.86. The first-order valence-corrected chi connectivity index (χ1v) is 8.69. The van der Waals surface area contributed by atoms with Crippen molar-refractivity contribution in [2.45, 2.75) is 12.8 Å². The number of sulfonamides is 1. The molecular formula is C14H22N2O4S. The summed E-state index contributed by atoms with van der Waals surface area (Å²) in [6.07, 6.45) is 1.48. The molecule has 1 atom stereocenters.